The molecule has 0 bridgehead atoms. The number of methoxy groups -OCH3 is 2. The molecule has 1 aromatic rings. The molecule has 0 radical (unpaired) electrons. The fourth-order valence-electron chi connectivity index (χ4n) is 9.33. The number of hydrogen-bond donors (Lipinski definition) is 4. The summed E-state index contributed by atoms with van der Waals surface area (Å²) in [5.74, 6) is -2.01. The van der Waals surface area contributed by atoms with E-state index in [1.807, 2.05) is 46.7 Å². The van der Waals surface area contributed by atoms with Crippen LogP contribution in [-0.2, 0) is 49.5 Å². The molecule has 6 amide bonds. The van der Waals surface area contributed by atoms with Crippen molar-refractivity contribution in [2.45, 2.75) is 134 Å². The van der Waals surface area contributed by atoms with Gasteiger partial charge in [0, 0.05) is 58.5 Å². The van der Waals surface area contributed by atoms with Crippen molar-refractivity contribution >= 4 is 65.1 Å². The van der Waals surface area contributed by atoms with Crippen LogP contribution in [0.3, 0.4) is 0 Å². The van der Waals surface area contributed by atoms with Gasteiger partial charge < -0.3 is 39.5 Å². The Morgan fingerprint density at radius 2 is 1.51 bits per heavy atom. The molecule has 0 spiro atoms. The van der Waals surface area contributed by atoms with Crippen LogP contribution in [0.4, 0.5) is 0 Å². The van der Waals surface area contributed by atoms with Crippen molar-refractivity contribution < 1.29 is 47.8 Å². The second-order valence-corrected chi connectivity index (χ2v) is 20.5. The summed E-state index contributed by atoms with van der Waals surface area (Å²) in [5.41, 5.74) is 0.766. The standard InChI is InChI=1S/C48H77N7O10S2/c1-11-30(4)43(53(8)40(57)27-49-47(61)42(29(2)3)52(6)7)38(63-9)26-39(56)55-22-12-13-37(55)44(64-10)31(5)45(59)50-36(46(60)51-67-35-18-19-35)25-32-14-16-34(17-15-32)65-28-41(58)54-23-20-33(21-24-54)48(62)66/h14-17,29-31,33,35-38,42-44H,11-13,18-28H2,1-10H3,(H,49,61)(H,50,59)(H,51,60)(H,62,66)/t30?,31?,36-,37?,38?,42?,43?,44?/m0/s1. The number of benzene rings is 1. The Bertz CT molecular complexity index is 1820. The Kier molecular flexibility index (Phi) is 22.2. The fraction of sp³-hybridized carbons (Fsp3) is 0.729. The van der Waals surface area contributed by atoms with Gasteiger partial charge in [0.2, 0.25) is 23.6 Å². The predicted octanol–water partition coefficient (Wildman–Crippen LogP) is 3.34. The summed E-state index contributed by atoms with van der Waals surface area (Å²) in [7, 11) is 8.40. The van der Waals surface area contributed by atoms with E-state index >= 15 is 0 Å². The van der Waals surface area contributed by atoms with E-state index in [-0.39, 0.29) is 78.4 Å². The summed E-state index contributed by atoms with van der Waals surface area (Å²) >= 11 is 5.29. The van der Waals surface area contributed by atoms with E-state index in [2.05, 4.69) is 28.0 Å². The van der Waals surface area contributed by atoms with Gasteiger partial charge in [-0.15, -0.1) is 12.6 Å². The van der Waals surface area contributed by atoms with Crippen LogP contribution >= 0.6 is 24.6 Å². The van der Waals surface area contributed by atoms with Crippen LogP contribution in [0.2, 0.25) is 0 Å². The highest BCUT2D eigenvalue weighted by atomic mass is 32.2. The summed E-state index contributed by atoms with van der Waals surface area (Å²) in [6, 6.07) is 4.83. The minimum atomic E-state index is -0.919. The third kappa shape index (κ3) is 16.1. The molecule has 2 aliphatic heterocycles. The molecule has 1 aromatic carbocycles. The first-order chi connectivity index (χ1) is 31.8. The number of amides is 6. The van der Waals surface area contributed by atoms with Gasteiger partial charge in [0.25, 0.3) is 11.8 Å². The predicted molar refractivity (Wildman–Crippen MR) is 261 cm³/mol. The first-order valence-corrected chi connectivity index (χ1v) is 25.2. The maximum absolute atomic E-state index is 14.3. The number of carbonyl (C=O) groups excluding carboxylic acids is 7. The first kappa shape index (κ1) is 55.7. The minimum Gasteiger partial charge on any atom is -0.484 e. The second-order valence-electron chi connectivity index (χ2n) is 19.0. The molecule has 4 rings (SSSR count). The molecule has 7 unspecified atom stereocenters. The molecular weight excluding hydrogens is 899 g/mol. The maximum Gasteiger partial charge on any atom is 0.260 e. The zero-order valence-electron chi connectivity index (χ0n) is 41.3. The van der Waals surface area contributed by atoms with Gasteiger partial charge in [-0.05, 0) is 94.1 Å². The minimum absolute atomic E-state index is 0.0151. The number of likely N-dealkylation sites (tertiary alicyclic amines) is 2. The zero-order valence-corrected chi connectivity index (χ0v) is 43.0. The van der Waals surface area contributed by atoms with Crippen LogP contribution in [0.25, 0.3) is 0 Å². The summed E-state index contributed by atoms with van der Waals surface area (Å²) in [6.07, 6.45) is 4.03. The van der Waals surface area contributed by atoms with Crippen LogP contribution in [0, 0.1) is 23.7 Å². The van der Waals surface area contributed by atoms with Crippen molar-refractivity contribution in [3.05, 3.63) is 29.8 Å². The molecule has 2 heterocycles. The van der Waals surface area contributed by atoms with Gasteiger partial charge >= 0.3 is 0 Å². The van der Waals surface area contributed by atoms with Gasteiger partial charge in [0.05, 0.1) is 49.2 Å². The highest BCUT2D eigenvalue weighted by Crippen LogP contribution is 2.32. The number of thiol groups is 1. The van der Waals surface area contributed by atoms with Crippen LogP contribution in [0.5, 0.6) is 5.75 Å². The lowest BCUT2D eigenvalue weighted by Crippen LogP contribution is -2.55. The third-order valence-corrected chi connectivity index (χ3v) is 15.1. The number of piperidine rings is 1. The quantitative estimate of drug-likeness (QED) is 0.0783. The smallest absolute Gasteiger partial charge is 0.260 e. The topological polar surface area (TPSA) is 196 Å². The number of nitrogens with zero attached hydrogens (tertiary/aromatic N) is 4. The first-order valence-electron chi connectivity index (χ1n) is 23.8. The highest BCUT2D eigenvalue weighted by Gasteiger charge is 2.43. The molecule has 19 heteroatoms. The summed E-state index contributed by atoms with van der Waals surface area (Å²) in [4.78, 5) is 100.0. The molecule has 3 N–H and O–H groups in total. The van der Waals surface area contributed by atoms with Crippen LogP contribution < -0.4 is 20.1 Å². The maximum atomic E-state index is 14.3. The molecular formula is C48H77N7O10S2. The zero-order chi connectivity index (χ0) is 49.5. The summed E-state index contributed by atoms with van der Waals surface area (Å²) < 4.78 is 20.7. The highest BCUT2D eigenvalue weighted by molar-refractivity contribution is 7.98. The average molecular weight is 976 g/mol. The lowest BCUT2D eigenvalue weighted by Gasteiger charge is -2.39. The Balaban J connectivity index is 1.40. The fourth-order valence-corrected chi connectivity index (χ4v) is 10.4. The Morgan fingerprint density at radius 1 is 0.851 bits per heavy atom. The number of likely N-dealkylation sites (N-methyl/N-ethyl adjacent to an activating group) is 2. The summed E-state index contributed by atoms with van der Waals surface area (Å²) in [5, 5.41) is 5.99. The number of ether oxygens (including phenoxy) is 3. The van der Waals surface area contributed by atoms with Crippen molar-refractivity contribution in [3.63, 3.8) is 0 Å². The van der Waals surface area contributed by atoms with Gasteiger partial charge in [-0.1, -0.05) is 53.2 Å². The van der Waals surface area contributed by atoms with E-state index in [0.717, 1.165) is 18.4 Å². The third-order valence-electron chi connectivity index (χ3n) is 13.6. The molecule has 2 saturated heterocycles. The molecule has 3 aliphatic rings. The van der Waals surface area contributed by atoms with Crippen LogP contribution in [-0.4, -0.2) is 170 Å². The van der Waals surface area contributed by atoms with Crippen molar-refractivity contribution in [2.75, 3.05) is 68.1 Å². The van der Waals surface area contributed by atoms with E-state index in [1.165, 1.54) is 26.2 Å². The lowest BCUT2D eigenvalue weighted by molar-refractivity contribution is -0.146. The molecule has 0 aromatic heterocycles. The molecule has 8 atom stereocenters. The monoisotopic (exact) mass is 976 g/mol. The number of carbonyl (C=O) groups is 7. The van der Waals surface area contributed by atoms with Crippen LogP contribution in [0.15, 0.2) is 24.3 Å². The number of hydrogen-bond acceptors (Lipinski definition) is 12. The Labute approximate surface area is 407 Å². The Morgan fingerprint density at radius 3 is 2.06 bits per heavy atom. The molecule has 1 aliphatic carbocycles. The second kappa shape index (κ2) is 26.7. The summed E-state index contributed by atoms with van der Waals surface area (Å²) in [6.45, 7) is 10.8. The van der Waals surface area contributed by atoms with Crippen LogP contribution in [0.1, 0.15) is 91.5 Å². The van der Waals surface area contributed by atoms with E-state index in [9.17, 15) is 33.6 Å². The van der Waals surface area contributed by atoms with Gasteiger partial charge in [0.1, 0.15) is 11.8 Å². The van der Waals surface area contributed by atoms with Gasteiger partial charge in [-0.2, -0.15) is 0 Å². The normalized spacial score (nSPS) is 19.7. The largest absolute Gasteiger partial charge is 0.484 e. The van der Waals surface area contributed by atoms with E-state index < -0.39 is 48.2 Å². The van der Waals surface area contributed by atoms with E-state index in [1.54, 1.807) is 52.9 Å². The van der Waals surface area contributed by atoms with E-state index in [4.69, 9.17) is 14.2 Å². The number of rotatable bonds is 26. The molecule has 3 fully saturated rings. The van der Waals surface area contributed by atoms with Gasteiger partial charge in [-0.3, -0.25) is 43.2 Å². The molecule has 67 heavy (non-hydrogen) atoms. The SMILES string of the molecule is CCC(C)C(C(CC(=O)N1CCCC1C(OC)C(C)C(=O)N[C@@H](Cc1ccc(OCC(=O)N2CCC(C(=O)S)CC2)cc1)C(=O)NSC1CC1)OC)N(C)C(=O)CNC(=O)C(C(C)C)N(C)C. The van der Waals surface area contributed by atoms with Crippen molar-refractivity contribution in [2.24, 2.45) is 23.7 Å². The molecule has 376 valence electrons. The van der Waals surface area contributed by atoms with Crippen molar-refractivity contribution in [1.29, 1.82) is 0 Å². The Hall–Kier alpha value is -3.91. The molecule has 1 saturated carbocycles. The number of nitrogens with one attached hydrogen (secondary N) is 3. The van der Waals surface area contributed by atoms with Gasteiger partial charge in [-0.25, -0.2) is 0 Å². The van der Waals surface area contributed by atoms with E-state index in [0.29, 0.717) is 62.7 Å². The van der Waals surface area contributed by atoms with Crippen molar-refractivity contribution in [1.82, 2.24) is 35.0 Å². The lowest BCUT2D eigenvalue weighted by atomic mass is 9.90. The van der Waals surface area contributed by atoms with Crippen molar-refractivity contribution in [3.8, 4) is 5.75 Å². The molecule has 17 nitrogen and oxygen atoms in total. The van der Waals surface area contributed by atoms with Gasteiger partial charge in [0.15, 0.2) is 11.7 Å². The average Bonchev–Trinajstić information content (AvgIpc) is 4.02.